The summed E-state index contributed by atoms with van der Waals surface area (Å²) in [7, 11) is 0.241. The van der Waals surface area contributed by atoms with Gasteiger partial charge in [-0.1, -0.05) is 56.0 Å². The highest BCUT2D eigenvalue weighted by atomic mass is 32.3. The summed E-state index contributed by atoms with van der Waals surface area (Å²) >= 11 is 0. The van der Waals surface area contributed by atoms with Gasteiger partial charge in [0, 0.05) is 23.6 Å². The average molecular weight is 272 g/mol. The molecule has 0 radical (unpaired) electrons. The summed E-state index contributed by atoms with van der Waals surface area (Å²) in [5, 5.41) is 0.747. The lowest BCUT2D eigenvalue weighted by atomic mass is 9.93. The molecule has 0 aromatic carbocycles. The predicted octanol–water partition coefficient (Wildman–Crippen LogP) is 4.79. The first-order valence-electron chi connectivity index (χ1n) is 6.62. The molecule has 3 rings (SSSR count). The zero-order valence-electron chi connectivity index (χ0n) is 11.5. The van der Waals surface area contributed by atoms with Crippen LogP contribution in [-0.2, 0) is 0 Å². The molecule has 3 unspecified atom stereocenters. The molecule has 94 valence electrons. The van der Waals surface area contributed by atoms with Crippen LogP contribution in [0.3, 0.4) is 0 Å². The first-order valence-corrected chi connectivity index (χ1v) is 11.1. The Morgan fingerprint density at radius 3 is 2.61 bits per heavy atom. The van der Waals surface area contributed by atoms with E-state index in [-0.39, 0.29) is 7.50 Å². The minimum atomic E-state index is -0.255. The summed E-state index contributed by atoms with van der Waals surface area (Å²) in [6, 6.07) is 0. The van der Waals surface area contributed by atoms with Gasteiger partial charge in [-0.2, -0.15) is 9.89 Å². The third-order valence-corrected chi connectivity index (χ3v) is 11.0. The first kappa shape index (κ1) is 12.3. The van der Waals surface area contributed by atoms with Crippen LogP contribution in [0.4, 0.5) is 0 Å². The lowest BCUT2D eigenvalue weighted by molar-refractivity contribution is 0.907. The molecule has 0 saturated carbocycles. The molecule has 2 aliphatic carbocycles. The molecule has 18 heavy (non-hydrogen) atoms. The fourth-order valence-electron chi connectivity index (χ4n) is 3.24. The second kappa shape index (κ2) is 4.43. The summed E-state index contributed by atoms with van der Waals surface area (Å²) in [4.78, 5) is 1.66. The molecule has 0 bridgehead atoms. The van der Waals surface area contributed by atoms with Crippen molar-refractivity contribution in [3.63, 3.8) is 0 Å². The van der Waals surface area contributed by atoms with Crippen LogP contribution in [-0.4, -0.2) is 12.8 Å². The molecule has 0 fully saturated rings. The highest BCUT2D eigenvalue weighted by Crippen LogP contribution is 2.53. The molecule has 1 aliphatic heterocycles. The standard InChI is InChI=1S/C16H20SSi/c1-11-8-9-13(10-11)16-12(2)17(18(3)4)15-7-5-6-14(15)16/h5-10,12-13H,1-4H3. The van der Waals surface area contributed by atoms with Gasteiger partial charge in [0.25, 0.3) is 0 Å². The summed E-state index contributed by atoms with van der Waals surface area (Å²) in [6.45, 7) is 9.59. The molecule has 2 heteroatoms. The van der Waals surface area contributed by atoms with Gasteiger partial charge in [-0.05, 0) is 24.1 Å². The van der Waals surface area contributed by atoms with Crippen LogP contribution in [0.1, 0.15) is 13.8 Å². The average Bonchev–Trinajstić information content (AvgIpc) is 2.93. The van der Waals surface area contributed by atoms with Crippen LogP contribution in [0.15, 0.2) is 58.1 Å². The molecule has 0 amide bonds. The lowest BCUT2D eigenvalue weighted by Crippen LogP contribution is -2.08. The van der Waals surface area contributed by atoms with Gasteiger partial charge in [0.1, 0.15) is 0 Å². The van der Waals surface area contributed by atoms with E-state index in [0.29, 0.717) is 15.8 Å². The molecule has 0 aromatic heterocycles. The van der Waals surface area contributed by atoms with Crippen molar-refractivity contribution in [1.82, 2.24) is 0 Å². The Labute approximate surface area is 114 Å². The minimum Gasteiger partial charge on any atom is -0.175 e. The van der Waals surface area contributed by atoms with Crippen molar-refractivity contribution in [1.29, 1.82) is 0 Å². The predicted molar refractivity (Wildman–Crippen MR) is 85.2 cm³/mol. The number of rotatable bonds is 1. The summed E-state index contributed by atoms with van der Waals surface area (Å²) in [5.41, 5.74) is 4.66. The number of hydrogen-bond donors (Lipinski definition) is 0. The number of hydrogen-bond acceptors (Lipinski definition) is 0. The van der Waals surface area contributed by atoms with E-state index in [2.05, 4.69) is 63.4 Å². The molecular formula is C16H20SSi. The van der Waals surface area contributed by atoms with E-state index >= 15 is 0 Å². The summed E-state index contributed by atoms with van der Waals surface area (Å²) in [6.07, 6.45) is 14.0. The van der Waals surface area contributed by atoms with Crippen LogP contribution in [0, 0.1) is 5.92 Å². The van der Waals surface area contributed by atoms with Crippen molar-refractivity contribution in [3.8, 4) is 0 Å². The monoisotopic (exact) mass is 272 g/mol. The maximum Gasteiger partial charge on any atom is 0.0424 e. The van der Waals surface area contributed by atoms with Crippen molar-refractivity contribution >= 4 is 17.4 Å². The Bertz CT molecular complexity index is 593. The SMILES string of the molecule is CC1=CC(C2=C3C=CC=C3S(=[Si](C)C)C2C)C=C1. The minimum absolute atomic E-state index is 0.255. The lowest BCUT2D eigenvalue weighted by Gasteiger charge is -2.18. The zero-order chi connectivity index (χ0) is 12.9. The molecule has 0 nitrogen and oxygen atoms in total. The van der Waals surface area contributed by atoms with Crippen LogP contribution in [0.25, 0.3) is 0 Å². The van der Waals surface area contributed by atoms with E-state index in [9.17, 15) is 0 Å². The normalized spacial score (nSPS) is 33.0. The number of fused-ring (bicyclic) bond motifs is 1. The maximum atomic E-state index is 2.47. The van der Waals surface area contributed by atoms with Crippen LogP contribution >= 0.6 is 9.89 Å². The second-order valence-corrected chi connectivity index (χ2v) is 12.9. The van der Waals surface area contributed by atoms with Crippen molar-refractivity contribution in [2.45, 2.75) is 32.2 Å². The van der Waals surface area contributed by atoms with Crippen LogP contribution < -0.4 is 0 Å². The highest BCUT2D eigenvalue weighted by molar-refractivity contribution is 8.25. The molecule has 3 atom stereocenters. The van der Waals surface area contributed by atoms with E-state index in [1.54, 1.807) is 16.1 Å². The van der Waals surface area contributed by atoms with Gasteiger partial charge in [0.2, 0.25) is 0 Å². The fourth-order valence-corrected chi connectivity index (χ4v) is 10.3. The van der Waals surface area contributed by atoms with Gasteiger partial charge in [-0.3, -0.25) is 0 Å². The van der Waals surface area contributed by atoms with Gasteiger partial charge in [-0.15, -0.1) is 0 Å². The van der Waals surface area contributed by atoms with E-state index < -0.39 is 0 Å². The van der Waals surface area contributed by atoms with E-state index in [4.69, 9.17) is 0 Å². The molecule has 0 aromatic rings. The fraction of sp³-hybridized carbons (Fsp3) is 0.375. The Balaban J connectivity index is 2.13. The molecule has 0 saturated heterocycles. The van der Waals surface area contributed by atoms with E-state index in [0.717, 1.165) is 5.25 Å². The molecule has 0 N–H and O–H groups in total. The second-order valence-electron chi connectivity index (χ2n) is 5.44. The highest BCUT2D eigenvalue weighted by Gasteiger charge is 2.34. The largest absolute Gasteiger partial charge is 0.175 e. The van der Waals surface area contributed by atoms with Gasteiger partial charge in [0.05, 0.1) is 0 Å². The van der Waals surface area contributed by atoms with Crippen LogP contribution in [0.2, 0.25) is 13.1 Å². The van der Waals surface area contributed by atoms with Gasteiger partial charge in [-0.25, -0.2) is 0 Å². The van der Waals surface area contributed by atoms with Crippen molar-refractivity contribution < 1.29 is 0 Å². The zero-order valence-corrected chi connectivity index (χ0v) is 13.3. The Kier molecular flexibility index (Phi) is 3.03. The van der Waals surface area contributed by atoms with E-state index in [1.165, 1.54) is 5.57 Å². The van der Waals surface area contributed by atoms with Gasteiger partial charge < -0.3 is 0 Å². The van der Waals surface area contributed by atoms with Gasteiger partial charge >= 0.3 is 0 Å². The Hall–Kier alpha value is -0.733. The first-order chi connectivity index (χ1) is 8.59. The molecular weight excluding hydrogens is 252 g/mol. The van der Waals surface area contributed by atoms with E-state index in [1.807, 2.05) is 0 Å². The van der Waals surface area contributed by atoms with Gasteiger partial charge in [0.15, 0.2) is 0 Å². The quantitative estimate of drug-likeness (QED) is 0.602. The third-order valence-electron chi connectivity index (χ3n) is 3.92. The topological polar surface area (TPSA) is 0 Å². The molecule has 0 spiro atoms. The molecule has 3 aliphatic rings. The Morgan fingerprint density at radius 2 is 2.00 bits per heavy atom. The molecule has 1 heterocycles. The third kappa shape index (κ3) is 1.74. The smallest absolute Gasteiger partial charge is 0.0424 e. The summed E-state index contributed by atoms with van der Waals surface area (Å²) in [5.74, 6) is 0.556. The maximum absolute atomic E-state index is 2.47. The van der Waals surface area contributed by atoms with Crippen LogP contribution in [0.5, 0.6) is 0 Å². The summed E-state index contributed by atoms with van der Waals surface area (Å²) < 4.78 is 0. The number of allylic oxidation sites excluding steroid dienone is 8. The Morgan fingerprint density at radius 1 is 1.22 bits per heavy atom. The van der Waals surface area contributed by atoms with Crippen molar-refractivity contribution in [2.24, 2.45) is 5.92 Å². The van der Waals surface area contributed by atoms with Crippen molar-refractivity contribution in [3.05, 3.63) is 58.1 Å². The van der Waals surface area contributed by atoms with Crippen molar-refractivity contribution in [2.75, 3.05) is 0 Å².